The lowest BCUT2D eigenvalue weighted by Gasteiger charge is -2.41. The normalized spacial score (nSPS) is 26.8. The van der Waals surface area contributed by atoms with E-state index in [1.807, 2.05) is 6.92 Å². The summed E-state index contributed by atoms with van der Waals surface area (Å²) in [5.74, 6) is 0.563. The molecule has 3 aliphatic rings. The molecule has 2 aliphatic heterocycles. The van der Waals surface area contributed by atoms with Crippen molar-refractivity contribution >= 4 is 17.6 Å². The highest BCUT2D eigenvalue weighted by atomic mass is 16.2. The zero-order valence-corrected chi connectivity index (χ0v) is 17.8. The highest BCUT2D eigenvalue weighted by Gasteiger charge is 2.47. The van der Waals surface area contributed by atoms with Crippen LogP contribution in [0.5, 0.6) is 0 Å². The minimum atomic E-state index is -0.746. The maximum atomic E-state index is 13.5. The zero-order valence-electron chi connectivity index (χ0n) is 17.8. The SMILES string of the molecule is CN1C(=O)[C@H](c2ccc(C3CC3)cc2)C(C)(c2cccc(N3CCCC3)c2)N=C1N. The van der Waals surface area contributed by atoms with E-state index >= 15 is 0 Å². The number of nitrogens with zero attached hydrogens (tertiary/aromatic N) is 3. The average Bonchev–Trinajstić information content (AvgIpc) is 3.46. The first-order chi connectivity index (χ1) is 14.5. The minimum absolute atomic E-state index is 0.00394. The molecule has 2 heterocycles. The molecule has 2 aromatic rings. The maximum Gasteiger partial charge on any atom is 0.239 e. The molecule has 1 saturated carbocycles. The van der Waals surface area contributed by atoms with Gasteiger partial charge in [0.15, 0.2) is 5.96 Å². The van der Waals surface area contributed by atoms with Crippen molar-refractivity contribution in [3.05, 3.63) is 65.2 Å². The van der Waals surface area contributed by atoms with E-state index in [0.717, 1.165) is 24.2 Å². The molecular weight excluding hydrogens is 372 g/mol. The van der Waals surface area contributed by atoms with Gasteiger partial charge in [-0.15, -0.1) is 0 Å². The van der Waals surface area contributed by atoms with Crippen molar-refractivity contribution in [1.82, 2.24) is 4.90 Å². The summed E-state index contributed by atoms with van der Waals surface area (Å²) in [6.45, 7) is 4.21. The Kier molecular flexibility index (Phi) is 4.57. The van der Waals surface area contributed by atoms with Crippen molar-refractivity contribution in [3.8, 4) is 0 Å². The molecule has 5 heteroatoms. The molecule has 30 heavy (non-hydrogen) atoms. The maximum absolute atomic E-state index is 13.5. The Hall–Kier alpha value is -2.82. The van der Waals surface area contributed by atoms with Crippen LogP contribution in [0.4, 0.5) is 5.69 Å². The number of aliphatic imine (C=N–C) groups is 1. The monoisotopic (exact) mass is 402 g/mol. The number of guanidine groups is 1. The predicted molar refractivity (Wildman–Crippen MR) is 121 cm³/mol. The molecular formula is C25H30N4O. The Bertz CT molecular complexity index is 988. The van der Waals surface area contributed by atoms with E-state index in [0.29, 0.717) is 5.92 Å². The summed E-state index contributed by atoms with van der Waals surface area (Å²) in [6.07, 6.45) is 5.00. The number of hydrogen-bond donors (Lipinski definition) is 1. The molecule has 156 valence electrons. The Balaban J connectivity index is 1.58. The van der Waals surface area contributed by atoms with Gasteiger partial charge < -0.3 is 10.6 Å². The van der Waals surface area contributed by atoms with Crippen molar-refractivity contribution in [2.75, 3.05) is 25.0 Å². The topological polar surface area (TPSA) is 61.9 Å². The number of anilines is 1. The van der Waals surface area contributed by atoms with Crippen molar-refractivity contribution < 1.29 is 4.79 Å². The molecule has 2 atom stereocenters. The van der Waals surface area contributed by atoms with Crippen molar-refractivity contribution in [2.45, 2.75) is 50.0 Å². The van der Waals surface area contributed by atoms with Crippen LogP contribution in [0.1, 0.15) is 61.1 Å². The number of carbonyl (C=O) groups excluding carboxylic acids is 1. The van der Waals surface area contributed by atoms with Gasteiger partial charge >= 0.3 is 0 Å². The van der Waals surface area contributed by atoms with Gasteiger partial charge in [-0.05, 0) is 67.3 Å². The summed E-state index contributed by atoms with van der Waals surface area (Å²) < 4.78 is 0. The summed E-state index contributed by atoms with van der Waals surface area (Å²) in [5, 5.41) is 0. The fourth-order valence-corrected chi connectivity index (χ4v) is 4.99. The summed E-state index contributed by atoms with van der Waals surface area (Å²) >= 11 is 0. The summed E-state index contributed by atoms with van der Waals surface area (Å²) in [7, 11) is 1.72. The van der Waals surface area contributed by atoms with Gasteiger partial charge in [-0.1, -0.05) is 36.4 Å². The minimum Gasteiger partial charge on any atom is -0.372 e. The van der Waals surface area contributed by atoms with Crippen molar-refractivity contribution in [2.24, 2.45) is 10.7 Å². The van der Waals surface area contributed by atoms with Gasteiger partial charge in [0, 0.05) is 25.8 Å². The van der Waals surface area contributed by atoms with Crippen LogP contribution in [0.2, 0.25) is 0 Å². The van der Waals surface area contributed by atoms with Crippen LogP contribution in [-0.4, -0.2) is 36.9 Å². The first-order valence-electron chi connectivity index (χ1n) is 11.1. The van der Waals surface area contributed by atoms with Crippen LogP contribution in [0.25, 0.3) is 0 Å². The second kappa shape index (κ2) is 7.15. The third-order valence-corrected chi connectivity index (χ3v) is 7.05. The quantitative estimate of drug-likeness (QED) is 0.842. The summed E-state index contributed by atoms with van der Waals surface area (Å²) in [4.78, 5) is 22.2. The van der Waals surface area contributed by atoms with Crippen LogP contribution in [0, 0.1) is 0 Å². The highest BCUT2D eigenvalue weighted by Crippen LogP contribution is 2.46. The molecule has 0 bridgehead atoms. The predicted octanol–water partition coefficient (Wildman–Crippen LogP) is 3.95. The molecule has 1 unspecified atom stereocenters. The van der Waals surface area contributed by atoms with Crippen LogP contribution in [-0.2, 0) is 10.3 Å². The molecule has 1 aliphatic carbocycles. The van der Waals surface area contributed by atoms with E-state index in [9.17, 15) is 4.79 Å². The molecule has 2 fully saturated rings. The number of likely N-dealkylation sites (N-methyl/N-ethyl adjacent to an activating group) is 1. The van der Waals surface area contributed by atoms with Crippen LogP contribution >= 0.6 is 0 Å². The molecule has 1 amide bonds. The first-order valence-corrected chi connectivity index (χ1v) is 11.1. The van der Waals surface area contributed by atoms with Gasteiger partial charge in [-0.25, -0.2) is 4.99 Å². The molecule has 2 aromatic carbocycles. The number of rotatable bonds is 4. The highest BCUT2D eigenvalue weighted by molar-refractivity contribution is 6.02. The first kappa shape index (κ1) is 19.2. The molecule has 2 N–H and O–H groups in total. The van der Waals surface area contributed by atoms with Crippen LogP contribution < -0.4 is 10.6 Å². The molecule has 0 aromatic heterocycles. The molecule has 5 nitrogen and oxygen atoms in total. The zero-order chi connectivity index (χ0) is 20.9. The second-order valence-corrected chi connectivity index (χ2v) is 9.13. The van der Waals surface area contributed by atoms with Crippen LogP contribution in [0.3, 0.4) is 0 Å². The van der Waals surface area contributed by atoms with Gasteiger partial charge in [0.05, 0.1) is 5.92 Å². The lowest BCUT2D eigenvalue weighted by molar-refractivity contribution is -0.130. The van der Waals surface area contributed by atoms with Gasteiger partial charge in [-0.3, -0.25) is 9.69 Å². The molecule has 5 rings (SSSR count). The second-order valence-electron chi connectivity index (χ2n) is 9.13. The number of carbonyl (C=O) groups is 1. The van der Waals surface area contributed by atoms with Crippen molar-refractivity contribution in [1.29, 1.82) is 0 Å². The summed E-state index contributed by atoms with van der Waals surface area (Å²) in [5.41, 5.74) is 10.1. The van der Waals surface area contributed by atoms with Gasteiger partial charge in [0.2, 0.25) is 5.91 Å². The Labute approximate surface area is 178 Å². The lowest BCUT2D eigenvalue weighted by Crippen LogP contribution is -2.52. The van der Waals surface area contributed by atoms with E-state index in [-0.39, 0.29) is 11.9 Å². The molecule has 0 spiro atoms. The van der Waals surface area contributed by atoms with Crippen LogP contribution in [0.15, 0.2) is 53.5 Å². The van der Waals surface area contributed by atoms with Gasteiger partial charge in [-0.2, -0.15) is 0 Å². The smallest absolute Gasteiger partial charge is 0.239 e. The lowest BCUT2D eigenvalue weighted by atomic mass is 9.74. The Morgan fingerprint density at radius 2 is 1.70 bits per heavy atom. The third kappa shape index (κ3) is 3.17. The standard InChI is InChI=1S/C25H30N4O/c1-25(20-6-5-7-21(16-20)29-14-3-4-15-29)22(23(30)28(2)24(26)27-25)19-12-10-18(11-13-19)17-8-9-17/h5-7,10-13,16-17,22H,3-4,8-9,14-15H2,1-2H3,(H2,26,27)/t22-,25?/m0/s1. The number of nitrogens with two attached hydrogens (primary N) is 1. The fraction of sp³-hybridized carbons (Fsp3) is 0.440. The number of hydrogen-bond acceptors (Lipinski definition) is 4. The molecule has 0 radical (unpaired) electrons. The van der Waals surface area contributed by atoms with E-state index in [1.54, 1.807) is 7.05 Å². The van der Waals surface area contributed by atoms with E-state index < -0.39 is 11.5 Å². The number of amides is 1. The molecule has 1 saturated heterocycles. The van der Waals surface area contributed by atoms with E-state index in [2.05, 4.69) is 53.4 Å². The fourth-order valence-electron chi connectivity index (χ4n) is 4.99. The Morgan fingerprint density at radius 1 is 1.03 bits per heavy atom. The van der Waals surface area contributed by atoms with Gasteiger partial charge in [0.1, 0.15) is 5.54 Å². The van der Waals surface area contributed by atoms with E-state index in [1.165, 1.54) is 41.8 Å². The number of benzene rings is 2. The summed E-state index contributed by atoms with van der Waals surface area (Å²) in [6, 6.07) is 17.1. The Morgan fingerprint density at radius 3 is 2.37 bits per heavy atom. The largest absolute Gasteiger partial charge is 0.372 e. The van der Waals surface area contributed by atoms with Gasteiger partial charge in [0.25, 0.3) is 0 Å². The van der Waals surface area contributed by atoms with E-state index in [4.69, 9.17) is 10.7 Å². The third-order valence-electron chi connectivity index (χ3n) is 7.05. The van der Waals surface area contributed by atoms with Crippen molar-refractivity contribution in [3.63, 3.8) is 0 Å². The average molecular weight is 403 g/mol.